The van der Waals surface area contributed by atoms with Crippen molar-refractivity contribution in [1.82, 2.24) is 0 Å². The summed E-state index contributed by atoms with van der Waals surface area (Å²) in [6, 6.07) is 12.1. The number of terminal acetylenes is 2. The largest absolute Gasteiger partial charge is 0.508 e. The highest BCUT2D eigenvalue weighted by atomic mass is 16.3. The van der Waals surface area contributed by atoms with Crippen molar-refractivity contribution in [2.24, 2.45) is 58.2 Å². The molecule has 0 aromatic heterocycles. The number of rotatable bonds is 0. The minimum absolute atomic E-state index is 0.358. The fourth-order valence-electron chi connectivity index (χ4n) is 14.2. The molecule has 2 N–H and O–H groups in total. The number of hydrogen-bond donors (Lipinski definition) is 2. The molecular formula is C56H72O2. The number of aryl methyl sites for hydroxylation is 2. The molecule has 0 spiro atoms. The molecule has 0 saturated heterocycles. The van der Waals surface area contributed by atoms with Crippen molar-refractivity contribution in [3.63, 3.8) is 0 Å². The topological polar surface area (TPSA) is 40.5 Å². The summed E-state index contributed by atoms with van der Waals surface area (Å²) in [6.45, 7) is 17.0. The monoisotopic (exact) mass is 777 g/mol. The molecule has 0 aliphatic heterocycles. The second-order valence-corrected chi connectivity index (χ2v) is 20.3. The Kier molecular flexibility index (Phi) is 13.0. The van der Waals surface area contributed by atoms with E-state index < -0.39 is 0 Å². The Morgan fingerprint density at radius 1 is 0.638 bits per heavy atom. The maximum absolute atomic E-state index is 9.72. The van der Waals surface area contributed by atoms with Crippen LogP contribution in [0.3, 0.4) is 0 Å². The van der Waals surface area contributed by atoms with E-state index in [1.165, 1.54) is 136 Å². The van der Waals surface area contributed by atoms with E-state index in [1.807, 2.05) is 24.3 Å². The van der Waals surface area contributed by atoms with E-state index in [4.69, 9.17) is 12.8 Å². The highest BCUT2D eigenvalue weighted by Crippen LogP contribution is 2.64. The molecule has 0 radical (unpaired) electrons. The molecule has 2 nitrogen and oxygen atoms in total. The van der Waals surface area contributed by atoms with E-state index in [0.29, 0.717) is 46.0 Å². The number of allylic oxidation sites excluding steroid dienone is 2. The van der Waals surface area contributed by atoms with Crippen LogP contribution >= 0.6 is 0 Å². The van der Waals surface area contributed by atoms with Crippen molar-refractivity contribution >= 4 is 0 Å². The predicted molar refractivity (Wildman–Crippen MR) is 241 cm³/mol. The summed E-state index contributed by atoms with van der Waals surface area (Å²) in [4.78, 5) is 0. The van der Waals surface area contributed by atoms with Gasteiger partial charge in [-0.1, -0.05) is 59.4 Å². The molecule has 10 rings (SSSR count). The maximum atomic E-state index is 9.72. The highest BCUT2D eigenvalue weighted by molar-refractivity contribution is 5.42. The summed E-state index contributed by atoms with van der Waals surface area (Å²) in [5.74, 6) is 14.0. The van der Waals surface area contributed by atoms with Gasteiger partial charge in [0.25, 0.3) is 0 Å². The van der Waals surface area contributed by atoms with Gasteiger partial charge in [-0.2, -0.15) is 0 Å². The first-order valence-corrected chi connectivity index (χ1v) is 23.3. The number of aromatic hydroxyl groups is 2. The summed E-state index contributed by atoms with van der Waals surface area (Å²) in [5, 5.41) is 19.4. The number of phenols is 2. The molecular weight excluding hydrogens is 705 g/mol. The minimum Gasteiger partial charge on any atom is -0.508 e. The Balaban J connectivity index is 0.000000129. The third kappa shape index (κ3) is 8.07. The Hall–Kier alpha value is -3.80. The third-order valence-electron chi connectivity index (χ3n) is 17.6. The zero-order valence-electron chi connectivity index (χ0n) is 36.4. The van der Waals surface area contributed by atoms with Gasteiger partial charge in [0.2, 0.25) is 0 Å². The van der Waals surface area contributed by atoms with Crippen LogP contribution in [0.15, 0.2) is 72.2 Å². The van der Waals surface area contributed by atoms with E-state index in [-0.39, 0.29) is 0 Å². The van der Waals surface area contributed by atoms with Crippen molar-refractivity contribution in [2.45, 2.75) is 155 Å². The highest BCUT2D eigenvalue weighted by Gasteiger charge is 2.55. The number of fused-ring (bicyclic) bond motifs is 10. The van der Waals surface area contributed by atoms with Gasteiger partial charge in [0, 0.05) is 11.8 Å². The van der Waals surface area contributed by atoms with Crippen LogP contribution in [-0.4, -0.2) is 10.2 Å². The summed E-state index contributed by atoms with van der Waals surface area (Å²) in [5.41, 5.74) is 15.7. The molecule has 8 aliphatic rings. The SMILES string of the molecule is C#C[C@H]1CCC2C3CCc4cc(O)ccc4C3CC[C@@]21C.C#C[C@H]1CCC[C@H]1C.C=C=C1CCC2C3CCc4cc(O)ccc4C3CC[C@]12C.C=C=C1CCC[C@H]1C. The Morgan fingerprint density at radius 2 is 1.28 bits per heavy atom. The smallest absolute Gasteiger partial charge is 0.115 e. The van der Waals surface area contributed by atoms with Crippen LogP contribution in [0.2, 0.25) is 0 Å². The standard InChI is InChI=1S/2C20H24O.2C8H12/c2*1-3-14-5-9-19-18-7-4-13-12-15(21)6-8-16(13)17(18)10-11-20(14,19)2;2*1-3-8-6-4-5-7(8)2/h6,8,12,17-19,21H,1,4-5,7,9-11H2,2H3;1,6,8,12,14,17-19,21H,4-5,7,9-11H2,2H3;7H,1,4-6H2,2H3;1,7-8H,4-6H2,2H3/t17?,18?,19?,20-;14-,17?,18?,19?,20+;7-;7-,8+/m1011/s1. The number of benzene rings is 2. The van der Waals surface area contributed by atoms with Gasteiger partial charge >= 0.3 is 0 Å². The van der Waals surface area contributed by atoms with Crippen molar-refractivity contribution in [3.8, 4) is 36.2 Å². The van der Waals surface area contributed by atoms with Gasteiger partial charge in [-0.05, 0) is 225 Å². The summed E-state index contributed by atoms with van der Waals surface area (Å²) in [7, 11) is 0. The van der Waals surface area contributed by atoms with Crippen molar-refractivity contribution in [3.05, 3.63) is 94.4 Å². The average molecular weight is 777 g/mol. The molecule has 2 heteroatoms. The zero-order valence-corrected chi connectivity index (χ0v) is 36.4. The van der Waals surface area contributed by atoms with Gasteiger partial charge in [-0.25, -0.2) is 0 Å². The molecule has 12 atom stereocenters. The van der Waals surface area contributed by atoms with E-state index in [2.05, 4.69) is 76.3 Å². The zero-order chi connectivity index (χ0) is 41.2. The van der Waals surface area contributed by atoms with Gasteiger partial charge in [0.15, 0.2) is 0 Å². The molecule has 2 aromatic carbocycles. The predicted octanol–water partition coefficient (Wildman–Crippen LogP) is 14.0. The van der Waals surface area contributed by atoms with E-state index in [0.717, 1.165) is 48.3 Å². The van der Waals surface area contributed by atoms with Crippen LogP contribution in [0.25, 0.3) is 0 Å². The van der Waals surface area contributed by atoms with E-state index in [9.17, 15) is 10.2 Å². The Labute approximate surface area is 352 Å². The maximum Gasteiger partial charge on any atom is 0.115 e. The van der Waals surface area contributed by atoms with Gasteiger partial charge < -0.3 is 10.2 Å². The Morgan fingerprint density at radius 3 is 1.78 bits per heavy atom. The molecule has 0 bridgehead atoms. The summed E-state index contributed by atoms with van der Waals surface area (Å²) < 4.78 is 0. The molecule has 0 heterocycles. The van der Waals surface area contributed by atoms with Crippen LogP contribution in [0.4, 0.5) is 0 Å². The summed E-state index contributed by atoms with van der Waals surface area (Å²) in [6.07, 6.45) is 33.9. The average Bonchev–Trinajstić information content (AvgIpc) is 4.02. The summed E-state index contributed by atoms with van der Waals surface area (Å²) >= 11 is 0. The molecule has 6 saturated carbocycles. The number of phenolic OH excluding ortho intramolecular Hbond substituents is 2. The fourth-order valence-corrected chi connectivity index (χ4v) is 14.2. The van der Waals surface area contributed by atoms with Gasteiger partial charge in [-0.3, -0.25) is 0 Å². The first-order chi connectivity index (χ1) is 27.9. The van der Waals surface area contributed by atoms with Crippen molar-refractivity contribution in [1.29, 1.82) is 0 Å². The fraction of sp³-hybridized carbons (Fsp3) is 0.607. The molecule has 308 valence electrons. The van der Waals surface area contributed by atoms with Crippen LogP contribution in [0.1, 0.15) is 165 Å². The van der Waals surface area contributed by atoms with E-state index >= 15 is 0 Å². The second-order valence-electron chi connectivity index (χ2n) is 20.3. The van der Waals surface area contributed by atoms with Crippen LogP contribution in [0.5, 0.6) is 11.5 Å². The van der Waals surface area contributed by atoms with Gasteiger partial charge in [-0.15, -0.1) is 36.2 Å². The Bertz CT molecular complexity index is 1990. The second kappa shape index (κ2) is 17.8. The minimum atomic E-state index is 0.358. The molecule has 8 aliphatic carbocycles. The van der Waals surface area contributed by atoms with Crippen LogP contribution in [0, 0.1) is 82.9 Å². The number of hydrogen-bond acceptors (Lipinski definition) is 2. The first-order valence-electron chi connectivity index (χ1n) is 23.3. The van der Waals surface area contributed by atoms with E-state index in [1.54, 1.807) is 0 Å². The molecule has 2 aromatic rings. The van der Waals surface area contributed by atoms with Crippen LogP contribution < -0.4 is 0 Å². The molecule has 0 amide bonds. The lowest BCUT2D eigenvalue weighted by Crippen LogP contribution is -2.42. The van der Waals surface area contributed by atoms with Gasteiger partial charge in [0.05, 0.1) is 0 Å². The lowest BCUT2D eigenvalue weighted by atomic mass is 9.54. The third-order valence-corrected chi connectivity index (χ3v) is 17.6. The van der Waals surface area contributed by atoms with Crippen molar-refractivity contribution in [2.75, 3.05) is 0 Å². The van der Waals surface area contributed by atoms with Gasteiger partial charge in [0.1, 0.15) is 11.5 Å². The van der Waals surface area contributed by atoms with Crippen LogP contribution in [-0.2, 0) is 12.8 Å². The normalized spacial score (nSPS) is 37.3. The molecule has 6 unspecified atom stereocenters. The molecule has 6 fully saturated rings. The lowest BCUT2D eigenvalue weighted by molar-refractivity contribution is 0.0432. The quantitative estimate of drug-likeness (QED) is 0.207. The molecule has 58 heavy (non-hydrogen) atoms. The van der Waals surface area contributed by atoms with Crippen molar-refractivity contribution < 1.29 is 10.2 Å². The first kappa shape index (κ1) is 42.3. The lowest BCUT2D eigenvalue weighted by Gasteiger charge is -2.50.